The molecule has 184 valence electrons. The minimum Gasteiger partial charge on any atom is -0.491 e. The monoisotopic (exact) mass is 486 g/mol. The van der Waals surface area contributed by atoms with Gasteiger partial charge in [-0.25, -0.2) is 18.4 Å². The van der Waals surface area contributed by atoms with Crippen LogP contribution in [0.15, 0.2) is 36.9 Å². The van der Waals surface area contributed by atoms with E-state index in [1.165, 1.54) is 9.87 Å². The van der Waals surface area contributed by atoms with Crippen molar-refractivity contribution in [3.05, 3.63) is 42.5 Å². The van der Waals surface area contributed by atoms with Crippen LogP contribution in [-0.4, -0.2) is 80.4 Å². The van der Waals surface area contributed by atoms with E-state index in [1.54, 1.807) is 33.6 Å². The molecule has 0 radical (unpaired) electrons. The fourth-order valence-corrected chi connectivity index (χ4v) is 5.46. The number of piperazine rings is 1. The number of nitrogens with one attached hydrogen (secondary N) is 1. The van der Waals surface area contributed by atoms with Gasteiger partial charge in [0.15, 0.2) is 11.6 Å². The maximum Gasteiger partial charge on any atom is 0.234 e. The number of hydrogen-bond donors (Lipinski definition) is 1. The van der Waals surface area contributed by atoms with Crippen LogP contribution in [-0.2, 0) is 16.4 Å². The van der Waals surface area contributed by atoms with Crippen LogP contribution in [0.1, 0.15) is 25.8 Å². The highest BCUT2D eigenvalue weighted by Gasteiger charge is 2.26. The Morgan fingerprint density at radius 1 is 1.29 bits per heavy atom. The van der Waals surface area contributed by atoms with Crippen LogP contribution in [0.4, 0.5) is 11.5 Å². The van der Waals surface area contributed by atoms with E-state index >= 15 is 0 Å². The van der Waals surface area contributed by atoms with Crippen molar-refractivity contribution in [3.8, 4) is 5.75 Å². The highest BCUT2D eigenvalue weighted by molar-refractivity contribution is 7.92. The number of H-pyrrole nitrogens is 1. The first-order valence-corrected chi connectivity index (χ1v) is 13.3. The van der Waals surface area contributed by atoms with Crippen molar-refractivity contribution in [1.82, 2.24) is 19.9 Å². The Bertz CT molecular complexity index is 1230. The zero-order valence-electron chi connectivity index (χ0n) is 20.4. The second-order valence-electron chi connectivity index (χ2n) is 8.77. The molecule has 9 nitrogen and oxygen atoms in total. The Morgan fingerprint density at radius 3 is 2.85 bits per heavy atom. The van der Waals surface area contributed by atoms with Crippen molar-refractivity contribution < 1.29 is 13.2 Å². The summed E-state index contributed by atoms with van der Waals surface area (Å²) in [5, 5.41) is 1.09. The molecule has 1 saturated heterocycles. The van der Waals surface area contributed by atoms with E-state index < -0.39 is 10.0 Å². The molecular formula is C24H34N6O3S. The van der Waals surface area contributed by atoms with Gasteiger partial charge in [0.25, 0.3) is 0 Å². The van der Waals surface area contributed by atoms with Crippen LogP contribution in [0.5, 0.6) is 5.75 Å². The van der Waals surface area contributed by atoms with Crippen molar-refractivity contribution >= 4 is 32.4 Å². The molecule has 3 aromatic rings. The lowest BCUT2D eigenvalue weighted by molar-refractivity contribution is 0.225. The quantitative estimate of drug-likeness (QED) is 0.497. The predicted molar refractivity (Wildman–Crippen MR) is 136 cm³/mol. The molecule has 1 aliphatic rings. The minimum absolute atomic E-state index is 0.0806. The second-order valence-corrected chi connectivity index (χ2v) is 11.1. The predicted octanol–water partition coefficient (Wildman–Crippen LogP) is 2.90. The maximum absolute atomic E-state index is 12.3. The van der Waals surface area contributed by atoms with Crippen molar-refractivity contribution in [2.45, 2.75) is 32.7 Å². The summed E-state index contributed by atoms with van der Waals surface area (Å²) in [4.78, 5) is 16.6. The zero-order chi connectivity index (χ0) is 24.3. The third-order valence-corrected chi connectivity index (χ3v) is 8.45. The van der Waals surface area contributed by atoms with Gasteiger partial charge in [-0.05, 0) is 57.0 Å². The van der Waals surface area contributed by atoms with E-state index in [0.717, 1.165) is 55.7 Å². The number of hydrogen-bond acceptors (Lipinski definition) is 7. The first-order chi connectivity index (χ1) is 16.3. The molecule has 0 amide bonds. The Labute approximate surface area is 201 Å². The van der Waals surface area contributed by atoms with Crippen LogP contribution >= 0.6 is 0 Å². The summed E-state index contributed by atoms with van der Waals surface area (Å²) < 4.78 is 31.4. The number of rotatable bonds is 9. The van der Waals surface area contributed by atoms with Gasteiger partial charge in [-0.1, -0.05) is 0 Å². The van der Waals surface area contributed by atoms with E-state index in [0.29, 0.717) is 17.5 Å². The van der Waals surface area contributed by atoms with Gasteiger partial charge in [-0.3, -0.25) is 9.21 Å². The molecule has 1 unspecified atom stereocenters. The fraction of sp³-hybridized carbons (Fsp3) is 0.500. The van der Waals surface area contributed by atoms with E-state index in [4.69, 9.17) is 4.74 Å². The molecule has 1 fully saturated rings. The fourth-order valence-electron chi connectivity index (χ4n) is 4.64. The molecule has 2 aromatic heterocycles. The van der Waals surface area contributed by atoms with Gasteiger partial charge >= 0.3 is 0 Å². The van der Waals surface area contributed by atoms with E-state index in [2.05, 4.69) is 31.7 Å². The smallest absolute Gasteiger partial charge is 0.234 e. The molecule has 1 N–H and O–H groups in total. The van der Waals surface area contributed by atoms with Crippen LogP contribution in [0, 0.1) is 0 Å². The van der Waals surface area contributed by atoms with Gasteiger partial charge in [-0.2, -0.15) is 0 Å². The maximum atomic E-state index is 12.3. The molecule has 34 heavy (non-hydrogen) atoms. The van der Waals surface area contributed by atoms with Crippen LogP contribution < -0.4 is 13.9 Å². The van der Waals surface area contributed by atoms with Crippen LogP contribution in [0.2, 0.25) is 0 Å². The Balaban J connectivity index is 1.37. The molecule has 4 rings (SSSR count). The molecule has 1 aromatic carbocycles. The lowest BCUT2D eigenvalue weighted by Crippen LogP contribution is -2.52. The number of aromatic amines is 1. The Morgan fingerprint density at radius 2 is 2.12 bits per heavy atom. The van der Waals surface area contributed by atoms with Gasteiger partial charge in [-0.15, -0.1) is 0 Å². The van der Waals surface area contributed by atoms with E-state index in [1.807, 2.05) is 24.4 Å². The van der Waals surface area contributed by atoms with Crippen molar-refractivity contribution in [2.24, 2.45) is 0 Å². The average Bonchev–Trinajstić information content (AvgIpc) is 3.26. The summed E-state index contributed by atoms with van der Waals surface area (Å²) in [5.41, 5.74) is 2.94. The number of anilines is 2. The summed E-state index contributed by atoms with van der Waals surface area (Å²) in [5.74, 6) is 1.64. The third-order valence-electron chi connectivity index (χ3n) is 6.68. The molecule has 0 saturated carbocycles. The molecule has 1 atom stereocenters. The number of methoxy groups -OCH3 is 1. The topological polar surface area (TPSA) is 94.7 Å². The Hall–Kier alpha value is -2.85. The average molecular weight is 487 g/mol. The van der Waals surface area contributed by atoms with Gasteiger partial charge < -0.3 is 14.6 Å². The van der Waals surface area contributed by atoms with E-state index in [9.17, 15) is 8.42 Å². The van der Waals surface area contributed by atoms with Gasteiger partial charge in [0.1, 0.15) is 6.33 Å². The van der Waals surface area contributed by atoms with Crippen molar-refractivity contribution in [3.63, 3.8) is 0 Å². The number of benzene rings is 1. The molecule has 0 bridgehead atoms. The number of aromatic nitrogens is 3. The molecule has 0 aliphatic carbocycles. The largest absolute Gasteiger partial charge is 0.491 e. The summed E-state index contributed by atoms with van der Waals surface area (Å²) in [6, 6.07) is 6.11. The summed E-state index contributed by atoms with van der Waals surface area (Å²) in [6.45, 7) is 7.71. The lowest BCUT2D eigenvalue weighted by atomic mass is 10.1. The third kappa shape index (κ3) is 4.97. The van der Waals surface area contributed by atoms with Crippen LogP contribution in [0.3, 0.4) is 0 Å². The standard InChI is InChI=1S/C24H34N6O3S/c1-5-34(31,32)28(3)20-8-9-22-21(13-20)19(14-26-22)7-6-10-29-11-12-30(18(2)16-29)24-23(33-4)15-25-17-27-24/h8-9,13-15,17-18,26H,5-7,10-12,16H2,1-4H3. The number of ether oxygens (including phenoxy) is 1. The Kier molecular flexibility index (Phi) is 7.27. The minimum atomic E-state index is -3.28. The summed E-state index contributed by atoms with van der Waals surface area (Å²) >= 11 is 0. The second kappa shape index (κ2) is 10.2. The molecule has 0 spiro atoms. The summed E-state index contributed by atoms with van der Waals surface area (Å²) in [7, 11) is -0.0194. The summed E-state index contributed by atoms with van der Waals surface area (Å²) in [6.07, 6.45) is 7.29. The van der Waals surface area contributed by atoms with Gasteiger partial charge in [0, 0.05) is 49.8 Å². The first-order valence-electron chi connectivity index (χ1n) is 11.7. The van der Waals surface area contributed by atoms with E-state index in [-0.39, 0.29) is 5.75 Å². The first kappa shape index (κ1) is 24.3. The lowest BCUT2D eigenvalue weighted by Gasteiger charge is -2.40. The van der Waals surface area contributed by atoms with Gasteiger partial charge in [0.05, 0.1) is 24.7 Å². The number of sulfonamides is 1. The molecule has 1 aliphatic heterocycles. The van der Waals surface area contributed by atoms with Gasteiger partial charge in [0.2, 0.25) is 10.0 Å². The number of aryl methyl sites for hydroxylation is 1. The van der Waals surface area contributed by atoms with Crippen molar-refractivity contribution in [1.29, 1.82) is 0 Å². The van der Waals surface area contributed by atoms with Crippen LogP contribution in [0.25, 0.3) is 10.9 Å². The van der Waals surface area contributed by atoms with Crippen molar-refractivity contribution in [2.75, 3.05) is 55.3 Å². The number of fused-ring (bicyclic) bond motifs is 1. The molecule has 3 heterocycles. The zero-order valence-corrected chi connectivity index (χ0v) is 21.2. The highest BCUT2D eigenvalue weighted by atomic mass is 32.2. The SMILES string of the molecule is CCS(=O)(=O)N(C)c1ccc2[nH]cc(CCCN3CCN(c4ncncc4OC)C(C)C3)c2c1. The highest BCUT2D eigenvalue weighted by Crippen LogP contribution is 2.28. The molecule has 10 heteroatoms. The molecular weight excluding hydrogens is 452 g/mol. The number of nitrogens with zero attached hydrogens (tertiary/aromatic N) is 5. The normalized spacial score (nSPS) is 17.3.